The number of aromatic nitrogens is 2. The third-order valence-electron chi connectivity index (χ3n) is 4.38. The molecule has 2 amide bonds. The summed E-state index contributed by atoms with van der Waals surface area (Å²) in [7, 11) is 3.12. The predicted octanol–water partition coefficient (Wildman–Crippen LogP) is 4.24. The summed E-state index contributed by atoms with van der Waals surface area (Å²) in [4.78, 5) is 30.5. The third kappa shape index (κ3) is 6.69. The van der Waals surface area contributed by atoms with E-state index < -0.39 is 24.1 Å². The Kier molecular flexibility index (Phi) is 7.22. The summed E-state index contributed by atoms with van der Waals surface area (Å²) in [5, 5.41) is 6.95. The average molecular weight is 483 g/mol. The Hall–Kier alpha value is -3.60. The molecule has 0 saturated heterocycles. The zero-order chi connectivity index (χ0) is 24.2. The molecule has 1 N–H and O–H groups in total. The molecule has 2 aromatic carbocycles. The van der Waals surface area contributed by atoms with Crippen molar-refractivity contribution in [2.24, 2.45) is 0 Å². The third-order valence-corrected chi connectivity index (χ3v) is 4.63. The molecular formula is C21H18ClF3N4O4. The van der Waals surface area contributed by atoms with E-state index in [1.54, 1.807) is 26.2 Å². The highest BCUT2D eigenvalue weighted by atomic mass is 35.5. The van der Waals surface area contributed by atoms with Crippen LogP contribution in [-0.2, 0) is 4.79 Å². The van der Waals surface area contributed by atoms with Gasteiger partial charge in [0, 0.05) is 30.2 Å². The summed E-state index contributed by atoms with van der Waals surface area (Å²) in [5.41, 5.74) is 0.655. The fourth-order valence-electron chi connectivity index (χ4n) is 2.70. The summed E-state index contributed by atoms with van der Waals surface area (Å²) in [6.07, 6.45) is -4.97. The molecule has 3 aromatic rings. The molecule has 8 nitrogen and oxygen atoms in total. The molecule has 3 rings (SSSR count). The molecule has 0 bridgehead atoms. The van der Waals surface area contributed by atoms with Gasteiger partial charge in [0.25, 0.3) is 5.91 Å². The smallest absolute Gasteiger partial charge is 0.406 e. The van der Waals surface area contributed by atoms with E-state index >= 15 is 0 Å². The molecular weight excluding hydrogens is 465 g/mol. The first-order valence-electron chi connectivity index (χ1n) is 9.48. The SMILES string of the molecule is CN(C)C(=O)C[C@H](NC(=O)c1ccc(Cl)cc1)c1nc(-c2ccc(OC(F)(F)F)cc2)no1. The summed E-state index contributed by atoms with van der Waals surface area (Å²) in [6.45, 7) is 0. The van der Waals surface area contributed by atoms with Crippen LogP contribution >= 0.6 is 11.6 Å². The minimum Gasteiger partial charge on any atom is -0.406 e. The second-order valence-corrected chi connectivity index (χ2v) is 7.49. The van der Waals surface area contributed by atoms with Crippen molar-refractivity contribution in [1.29, 1.82) is 0 Å². The van der Waals surface area contributed by atoms with Gasteiger partial charge in [-0.25, -0.2) is 0 Å². The number of benzene rings is 2. The lowest BCUT2D eigenvalue weighted by atomic mass is 10.1. The molecule has 0 fully saturated rings. The second-order valence-electron chi connectivity index (χ2n) is 7.05. The van der Waals surface area contributed by atoms with Crippen LogP contribution in [0.5, 0.6) is 5.75 Å². The molecule has 1 heterocycles. The van der Waals surface area contributed by atoms with Crippen molar-refractivity contribution in [3.63, 3.8) is 0 Å². The lowest BCUT2D eigenvalue weighted by Gasteiger charge is -2.17. The molecule has 33 heavy (non-hydrogen) atoms. The van der Waals surface area contributed by atoms with Crippen LogP contribution in [0, 0.1) is 0 Å². The number of amides is 2. The molecule has 0 aliphatic heterocycles. The summed E-state index contributed by atoms with van der Waals surface area (Å²) >= 11 is 5.85. The normalized spacial score (nSPS) is 12.2. The Morgan fingerprint density at radius 3 is 2.33 bits per heavy atom. The number of carbonyl (C=O) groups is 2. The van der Waals surface area contributed by atoms with E-state index in [1.165, 1.54) is 29.2 Å². The maximum atomic E-state index is 12.6. The Labute approximate surface area is 191 Å². The van der Waals surface area contributed by atoms with Gasteiger partial charge in [-0.1, -0.05) is 16.8 Å². The minimum absolute atomic E-state index is 0.0434. The maximum Gasteiger partial charge on any atom is 0.573 e. The first-order chi connectivity index (χ1) is 15.5. The van der Waals surface area contributed by atoms with Crippen molar-refractivity contribution in [3.05, 3.63) is 65.0 Å². The quantitative estimate of drug-likeness (QED) is 0.541. The fraction of sp³-hybridized carbons (Fsp3) is 0.238. The number of ether oxygens (including phenoxy) is 1. The second kappa shape index (κ2) is 9.90. The van der Waals surface area contributed by atoms with Crippen molar-refractivity contribution in [2.45, 2.75) is 18.8 Å². The molecule has 0 aliphatic rings. The zero-order valence-electron chi connectivity index (χ0n) is 17.4. The van der Waals surface area contributed by atoms with Gasteiger partial charge in [0.15, 0.2) is 0 Å². The predicted molar refractivity (Wildman–Crippen MR) is 111 cm³/mol. The number of halogens is 4. The Bertz CT molecular complexity index is 1120. The van der Waals surface area contributed by atoms with Crippen LogP contribution in [0.15, 0.2) is 53.1 Å². The van der Waals surface area contributed by atoms with Crippen molar-refractivity contribution in [3.8, 4) is 17.1 Å². The monoisotopic (exact) mass is 482 g/mol. The minimum atomic E-state index is -4.81. The number of carbonyl (C=O) groups excluding carboxylic acids is 2. The number of hydrogen-bond acceptors (Lipinski definition) is 6. The largest absolute Gasteiger partial charge is 0.573 e. The van der Waals surface area contributed by atoms with Crippen LogP contribution in [0.4, 0.5) is 13.2 Å². The summed E-state index contributed by atoms with van der Waals surface area (Å²) in [5.74, 6) is -1.18. The molecule has 1 atom stereocenters. The van der Waals surface area contributed by atoms with Crippen molar-refractivity contribution < 1.29 is 32.0 Å². The van der Waals surface area contributed by atoms with Crippen molar-refractivity contribution >= 4 is 23.4 Å². The van der Waals surface area contributed by atoms with E-state index in [2.05, 4.69) is 20.2 Å². The van der Waals surface area contributed by atoms with Gasteiger partial charge in [-0.05, 0) is 48.5 Å². The van der Waals surface area contributed by atoms with Crippen molar-refractivity contribution in [1.82, 2.24) is 20.4 Å². The Morgan fingerprint density at radius 2 is 1.76 bits per heavy atom. The highest BCUT2D eigenvalue weighted by Gasteiger charge is 2.31. The topological polar surface area (TPSA) is 97.6 Å². The molecule has 0 spiro atoms. The number of rotatable bonds is 7. The van der Waals surface area contributed by atoms with E-state index in [9.17, 15) is 22.8 Å². The van der Waals surface area contributed by atoms with E-state index in [0.29, 0.717) is 16.1 Å². The fourth-order valence-corrected chi connectivity index (χ4v) is 2.83. The Balaban J connectivity index is 1.81. The van der Waals surface area contributed by atoms with Crippen LogP contribution in [0.25, 0.3) is 11.4 Å². The van der Waals surface area contributed by atoms with Gasteiger partial charge in [0.2, 0.25) is 17.6 Å². The average Bonchev–Trinajstić information content (AvgIpc) is 3.23. The van der Waals surface area contributed by atoms with E-state index in [4.69, 9.17) is 16.1 Å². The summed E-state index contributed by atoms with van der Waals surface area (Å²) in [6, 6.07) is 10.0. The highest BCUT2D eigenvalue weighted by molar-refractivity contribution is 6.30. The van der Waals surface area contributed by atoms with Crippen LogP contribution in [-0.4, -0.2) is 47.3 Å². The van der Waals surface area contributed by atoms with Crippen LogP contribution in [0.2, 0.25) is 5.02 Å². The van der Waals surface area contributed by atoms with Gasteiger partial charge in [0.1, 0.15) is 11.8 Å². The van der Waals surface area contributed by atoms with Gasteiger partial charge >= 0.3 is 6.36 Å². The lowest BCUT2D eigenvalue weighted by Crippen LogP contribution is -2.33. The van der Waals surface area contributed by atoms with Gasteiger partial charge < -0.3 is 19.5 Å². The van der Waals surface area contributed by atoms with E-state index in [0.717, 1.165) is 12.1 Å². The number of alkyl halides is 3. The van der Waals surface area contributed by atoms with Crippen LogP contribution in [0.3, 0.4) is 0 Å². The lowest BCUT2D eigenvalue weighted by molar-refractivity contribution is -0.274. The number of hydrogen-bond donors (Lipinski definition) is 1. The van der Waals surface area contributed by atoms with E-state index in [1.807, 2.05) is 0 Å². The molecule has 12 heteroatoms. The molecule has 0 aliphatic carbocycles. The van der Waals surface area contributed by atoms with Gasteiger partial charge in [0.05, 0.1) is 6.42 Å². The first-order valence-corrected chi connectivity index (χ1v) is 9.86. The maximum absolute atomic E-state index is 12.6. The molecule has 1 aromatic heterocycles. The van der Waals surface area contributed by atoms with Gasteiger partial charge in [-0.15, -0.1) is 13.2 Å². The Morgan fingerprint density at radius 1 is 1.12 bits per heavy atom. The standard InChI is InChI=1S/C21H18ClF3N4O4/c1-29(2)17(30)11-16(26-19(31)13-3-7-14(22)8-4-13)20-27-18(28-33-20)12-5-9-15(10-6-12)32-21(23,24)25/h3-10,16H,11H2,1-2H3,(H,26,31)/t16-/m0/s1. The molecule has 0 radical (unpaired) electrons. The number of nitrogens with one attached hydrogen (secondary N) is 1. The van der Waals surface area contributed by atoms with Crippen LogP contribution < -0.4 is 10.1 Å². The zero-order valence-corrected chi connectivity index (χ0v) is 18.1. The number of nitrogens with zero attached hydrogens (tertiary/aromatic N) is 3. The summed E-state index contributed by atoms with van der Waals surface area (Å²) < 4.78 is 46.1. The molecule has 0 saturated carbocycles. The van der Waals surface area contributed by atoms with Gasteiger partial charge in [-0.3, -0.25) is 9.59 Å². The molecule has 0 unspecified atom stereocenters. The van der Waals surface area contributed by atoms with Gasteiger partial charge in [-0.2, -0.15) is 4.98 Å². The molecule has 174 valence electrons. The first kappa shape index (κ1) is 24.1. The van der Waals surface area contributed by atoms with Crippen molar-refractivity contribution in [2.75, 3.05) is 14.1 Å². The van der Waals surface area contributed by atoms with E-state index in [-0.39, 0.29) is 24.0 Å². The van der Waals surface area contributed by atoms with Crippen LogP contribution in [0.1, 0.15) is 28.7 Å². The highest BCUT2D eigenvalue weighted by Crippen LogP contribution is 2.26.